The minimum absolute atomic E-state index is 0.424. The van der Waals surface area contributed by atoms with Crippen molar-refractivity contribution in [2.75, 3.05) is 12.3 Å². The average Bonchev–Trinajstić information content (AvgIpc) is 2.78. The third kappa shape index (κ3) is 6.39. The van der Waals surface area contributed by atoms with Crippen LogP contribution >= 0.6 is 11.8 Å². The van der Waals surface area contributed by atoms with Gasteiger partial charge >= 0.3 is 0 Å². The lowest BCUT2D eigenvalue weighted by Gasteiger charge is -2.20. The van der Waals surface area contributed by atoms with E-state index in [1.165, 1.54) is 25.1 Å². The van der Waals surface area contributed by atoms with E-state index in [4.69, 9.17) is 0 Å². The first-order valence-corrected chi connectivity index (χ1v) is 6.33. The minimum Gasteiger partial charge on any atom is -0.314 e. The molecule has 1 atom stereocenters. The molecule has 78 valence electrons. The smallest absolute Gasteiger partial charge is 0.00752 e. The Balaban J connectivity index is 1.99. The lowest BCUT2D eigenvalue weighted by molar-refractivity contribution is 0.555. The summed E-state index contributed by atoms with van der Waals surface area (Å²) >= 11 is 2.07. The SMILES string of the molecule is CC(CNC1CC1)CSC(C)(C)C. The first kappa shape index (κ1) is 11.4. The van der Waals surface area contributed by atoms with Gasteiger partial charge in [-0.3, -0.25) is 0 Å². The molecule has 0 saturated heterocycles. The van der Waals surface area contributed by atoms with Gasteiger partial charge in [-0.1, -0.05) is 27.7 Å². The lowest BCUT2D eigenvalue weighted by Crippen LogP contribution is -2.25. The quantitative estimate of drug-likeness (QED) is 0.734. The molecule has 13 heavy (non-hydrogen) atoms. The molecule has 1 saturated carbocycles. The van der Waals surface area contributed by atoms with Gasteiger partial charge in [-0.25, -0.2) is 0 Å². The Labute approximate surface area is 87.1 Å². The van der Waals surface area contributed by atoms with Gasteiger partial charge in [-0.15, -0.1) is 0 Å². The summed E-state index contributed by atoms with van der Waals surface area (Å²) in [6.45, 7) is 10.4. The van der Waals surface area contributed by atoms with E-state index in [2.05, 4.69) is 44.8 Å². The lowest BCUT2D eigenvalue weighted by atomic mass is 10.2. The Morgan fingerprint density at radius 3 is 2.46 bits per heavy atom. The van der Waals surface area contributed by atoms with Crippen molar-refractivity contribution >= 4 is 11.8 Å². The summed E-state index contributed by atoms with van der Waals surface area (Å²) in [5, 5.41) is 3.58. The Morgan fingerprint density at radius 2 is 2.00 bits per heavy atom. The van der Waals surface area contributed by atoms with E-state index < -0.39 is 0 Å². The van der Waals surface area contributed by atoms with E-state index in [1.54, 1.807) is 0 Å². The van der Waals surface area contributed by atoms with Crippen molar-refractivity contribution in [2.24, 2.45) is 5.92 Å². The highest BCUT2D eigenvalue weighted by molar-refractivity contribution is 8.00. The predicted octanol–water partition coefficient (Wildman–Crippen LogP) is 2.91. The molecule has 0 aromatic carbocycles. The maximum Gasteiger partial charge on any atom is 0.00752 e. The first-order chi connectivity index (χ1) is 5.97. The maximum absolute atomic E-state index is 3.58. The van der Waals surface area contributed by atoms with E-state index in [9.17, 15) is 0 Å². The second kappa shape index (κ2) is 4.70. The van der Waals surface area contributed by atoms with Crippen LogP contribution in [0.5, 0.6) is 0 Å². The number of rotatable bonds is 5. The normalized spacial score (nSPS) is 20.3. The zero-order valence-electron chi connectivity index (χ0n) is 9.39. The number of hydrogen-bond acceptors (Lipinski definition) is 2. The van der Waals surface area contributed by atoms with Gasteiger partial charge in [0.1, 0.15) is 0 Å². The van der Waals surface area contributed by atoms with Gasteiger partial charge in [0.2, 0.25) is 0 Å². The van der Waals surface area contributed by atoms with Gasteiger partial charge in [-0.05, 0) is 31.1 Å². The zero-order chi connectivity index (χ0) is 9.90. The molecule has 0 heterocycles. The van der Waals surface area contributed by atoms with Gasteiger partial charge < -0.3 is 5.32 Å². The van der Waals surface area contributed by atoms with Crippen molar-refractivity contribution in [2.45, 2.75) is 51.3 Å². The molecule has 1 nitrogen and oxygen atoms in total. The fourth-order valence-electron chi connectivity index (χ4n) is 1.11. The molecular weight excluding hydrogens is 178 g/mol. The molecule has 1 rings (SSSR count). The van der Waals surface area contributed by atoms with Crippen LogP contribution in [-0.4, -0.2) is 23.1 Å². The van der Waals surface area contributed by atoms with E-state index in [-0.39, 0.29) is 0 Å². The second-order valence-electron chi connectivity index (χ2n) is 5.21. The highest BCUT2D eigenvalue weighted by Crippen LogP contribution is 2.25. The van der Waals surface area contributed by atoms with Crippen LogP contribution in [0.4, 0.5) is 0 Å². The van der Waals surface area contributed by atoms with E-state index in [1.807, 2.05) is 0 Å². The van der Waals surface area contributed by atoms with E-state index >= 15 is 0 Å². The first-order valence-electron chi connectivity index (χ1n) is 5.35. The largest absolute Gasteiger partial charge is 0.314 e. The molecule has 1 fully saturated rings. The fourth-order valence-corrected chi connectivity index (χ4v) is 2.01. The molecule has 0 amide bonds. The molecule has 0 aromatic heterocycles. The monoisotopic (exact) mass is 201 g/mol. The summed E-state index contributed by atoms with van der Waals surface area (Å²) in [4.78, 5) is 0. The Hall–Kier alpha value is 0.310. The molecule has 0 aliphatic heterocycles. The van der Waals surface area contributed by atoms with Crippen LogP contribution in [0.25, 0.3) is 0 Å². The summed E-state index contributed by atoms with van der Waals surface area (Å²) in [7, 11) is 0. The van der Waals surface area contributed by atoms with Gasteiger partial charge in [-0.2, -0.15) is 11.8 Å². The molecule has 0 radical (unpaired) electrons. The molecule has 0 spiro atoms. The Kier molecular flexibility index (Phi) is 4.11. The van der Waals surface area contributed by atoms with Crippen molar-refractivity contribution in [3.8, 4) is 0 Å². The van der Waals surface area contributed by atoms with Crippen LogP contribution in [0.2, 0.25) is 0 Å². The van der Waals surface area contributed by atoms with Crippen LogP contribution in [0.15, 0.2) is 0 Å². The molecule has 0 bridgehead atoms. The molecule has 0 aromatic rings. The Morgan fingerprint density at radius 1 is 1.38 bits per heavy atom. The summed E-state index contributed by atoms with van der Waals surface area (Å²) in [5.41, 5.74) is 0. The highest BCUT2D eigenvalue weighted by Gasteiger charge is 2.21. The third-order valence-corrected chi connectivity index (χ3v) is 3.73. The average molecular weight is 201 g/mol. The number of thioether (sulfide) groups is 1. The van der Waals surface area contributed by atoms with Crippen LogP contribution in [0, 0.1) is 5.92 Å². The predicted molar refractivity (Wildman–Crippen MR) is 62.4 cm³/mol. The highest BCUT2D eigenvalue weighted by atomic mass is 32.2. The van der Waals surface area contributed by atoms with Crippen molar-refractivity contribution in [3.05, 3.63) is 0 Å². The van der Waals surface area contributed by atoms with Crippen LogP contribution < -0.4 is 5.32 Å². The zero-order valence-corrected chi connectivity index (χ0v) is 10.2. The number of nitrogens with one attached hydrogen (secondary N) is 1. The van der Waals surface area contributed by atoms with Gasteiger partial charge in [0.25, 0.3) is 0 Å². The van der Waals surface area contributed by atoms with Gasteiger partial charge in [0.05, 0.1) is 0 Å². The van der Waals surface area contributed by atoms with E-state index in [0.29, 0.717) is 4.75 Å². The fraction of sp³-hybridized carbons (Fsp3) is 1.00. The maximum atomic E-state index is 3.58. The molecule has 1 aliphatic rings. The van der Waals surface area contributed by atoms with E-state index in [0.717, 1.165) is 12.0 Å². The summed E-state index contributed by atoms with van der Waals surface area (Å²) in [6.07, 6.45) is 2.80. The van der Waals surface area contributed by atoms with Crippen molar-refractivity contribution in [3.63, 3.8) is 0 Å². The standard InChI is InChI=1S/C11H23NS/c1-9(7-12-10-5-6-10)8-13-11(2,3)4/h9-10,12H,5-8H2,1-4H3. The second-order valence-corrected chi connectivity index (χ2v) is 7.06. The minimum atomic E-state index is 0.424. The van der Waals surface area contributed by atoms with Crippen LogP contribution in [-0.2, 0) is 0 Å². The molecular formula is C11H23NS. The number of hydrogen-bond donors (Lipinski definition) is 1. The van der Waals surface area contributed by atoms with Gasteiger partial charge in [0, 0.05) is 10.8 Å². The summed E-state index contributed by atoms with van der Waals surface area (Å²) < 4.78 is 0.424. The summed E-state index contributed by atoms with van der Waals surface area (Å²) in [6, 6.07) is 0.863. The third-order valence-electron chi connectivity index (χ3n) is 2.13. The Bertz CT molecular complexity index is 147. The summed E-state index contributed by atoms with van der Waals surface area (Å²) in [5.74, 6) is 2.09. The van der Waals surface area contributed by atoms with Crippen molar-refractivity contribution in [1.29, 1.82) is 0 Å². The van der Waals surface area contributed by atoms with Crippen LogP contribution in [0.3, 0.4) is 0 Å². The molecule has 1 unspecified atom stereocenters. The molecule has 1 aliphatic carbocycles. The van der Waals surface area contributed by atoms with Crippen molar-refractivity contribution < 1.29 is 0 Å². The van der Waals surface area contributed by atoms with Crippen molar-refractivity contribution in [1.82, 2.24) is 5.32 Å². The van der Waals surface area contributed by atoms with Crippen LogP contribution in [0.1, 0.15) is 40.5 Å². The molecule has 2 heteroatoms. The van der Waals surface area contributed by atoms with Gasteiger partial charge in [0.15, 0.2) is 0 Å². The molecule has 1 N–H and O–H groups in total. The topological polar surface area (TPSA) is 12.0 Å².